The van der Waals surface area contributed by atoms with E-state index in [1.165, 1.54) is 0 Å². The van der Waals surface area contributed by atoms with Crippen molar-refractivity contribution >= 4 is 17.8 Å². The Labute approximate surface area is 97.2 Å². The Bertz CT molecular complexity index is 295. The van der Waals surface area contributed by atoms with E-state index in [-0.39, 0.29) is 12.8 Å². The number of nitrogens with one attached hydrogen (secondary N) is 1. The molecule has 17 heavy (non-hydrogen) atoms. The number of hydrogen-bond donors (Lipinski definition) is 4. The molecule has 0 spiro atoms. The van der Waals surface area contributed by atoms with Crippen LogP contribution in [0.25, 0.3) is 0 Å². The van der Waals surface area contributed by atoms with Crippen LogP contribution in [-0.2, 0) is 14.4 Å². The maximum absolute atomic E-state index is 9.73. The van der Waals surface area contributed by atoms with Crippen LogP contribution in [0.3, 0.4) is 0 Å². The number of nitrogens with zero attached hydrogens (tertiary/aromatic N) is 2. The summed E-state index contributed by atoms with van der Waals surface area (Å²) in [5.41, 5.74) is 9.11. The van der Waals surface area contributed by atoms with Crippen molar-refractivity contribution in [2.45, 2.75) is 19.8 Å². The van der Waals surface area contributed by atoms with E-state index in [0.29, 0.717) is 0 Å². The SMILES string of the molecule is CCC(=O)O.NC(=O)CC(N)=O.c1cn[nH]n1. The number of carbonyl (C=O) groups excluding carboxylic acids is 2. The van der Waals surface area contributed by atoms with Crippen molar-refractivity contribution in [3.63, 3.8) is 0 Å². The molecule has 1 aromatic heterocycles. The third-order valence-corrected chi connectivity index (χ3v) is 0.982. The summed E-state index contributed by atoms with van der Waals surface area (Å²) in [6, 6.07) is 0. The van der Waals surface area contributed by atoms with Gasteiger partial charge in [0, 0.05) is 6.42 Å². The van der Waals surface area contributed by atoms with Crippen LogP contribution in [0.2, 0.25) is 0 Å². The number of nitrogens with two attached hydrogens (primary N) is 2. The van der Waals surface area contributed by atoms with Gasteiger partial charge in [-0.05, 0) is 0 Å². The zero-order chi connectivity index (χ0) is 13.7. The first-order chi connectivity index (χ1) is 7.90. The van der Waals surface area contributed by atoms with Gasteiger partial charge in [-0.25, -0.2) is 0 Å². The average molecular weight is 245 g/mol. The number of aromatic nitrogens is 3. The van der Waals surface area contributed by atoms with Crippen LogP contribution in [0.1, 0.15) is 19.8 Å². The fourth-order valence-electron chi connectivity index (χ4n) is 0.338. The summed E-state index contributed by atoms with van der Waals surface area (Å²) in [6.07, 6.45) is 3.03. The highest BCUT2D eigenvalue weighted by atomic mass is 16.4. The summed E-state index contributed by atoms with van der Waals surface area (Å²) in [6.45, 7) is 1.60. The summed E-state index contributed by atoms with van der Waals surface area (Å²) in [5.74, 6) is -2.12. The molecule has 0 unspecified atom stereocenters. The Morgan fingerprint density at radius 2 is 1.53 bits per heavy atom. The minimum Gasteiger partial charge on any atom is -0.481 e. The Kier molecular flexibility index (Phi) is 11.6. The molecule has 0 atom stereocenters. The largest absolute Gasteiger partial charge is 0.481 e. The van der Waals surface area contributed by atoms with Crippen molar-refractivity contribution in [3.8, 4) is 0 Å². The van der Waals surface area contributed by atoms with Crippen LogP contribution in [0.5, 0.6) is 0 Å². The molecular formula is C8H15N5O4. The van der Waals surface area contributed by atoms with Gasteiger partial charge in [0.15, 0.2) is 0 Å². The van der Waals surface area contributed by atoms with Crippen LogP contribution in [-0.4, -0.2) is 38.3 Å². The molecule has 0 bridgehead atoms. The quantitative estimate of drug-likeness (QED) is 0.479. The summed E-state index contributed by atoms with van der Waals surface area (Å²) < 4.78 is 0. The minimum atomic E-state index is -0.745. The van der Waals surface area contributed by atoms with E-state index in [4.69, 9.17) is 5.11 Å². The molecule has 0 radical (unpaired) electrons. The molecule has 0 aromatic carbocycles. The van der Waals surface area contributed by atoms with Crippen LogP contribution >= 0.6 is 0 Å². The van der Waals surface area contributed by atoms with Crippen LogP contribution in [0.4, 0.5) is 0 Å². The summed E-state index contributed by atoms with van der Waals surface area (Å²) >= 11 is 0. The number of primary amides is 2. The van der Waals surface area contributed by atoms with E-state index in [0.717, 1.165) is 0 Å². The fourth-order valence-corrected chi connectivity index (χ4v) is 0.338. The van der Waals surface area contributed by atoms with E-state index in [1.54, 1.807) is 19.3 Å². The second kappa shape index (κ2) is 11.6. The molecule has 0 saturated heterocycles. The molecule has 1 rings (SSSR count). The standard InChI is InChI=1S/C3H6N2O2.C3H6O2.C2H3N3/c4-2(6)1-3(5)7;1-2-3(4)5;1-2-4-5-3-1/h1H2,(H2,4,6)(H2,5,7);2H2,1H3,(H,4,5);1-2H,(H,3,4,5). The number of hydrogen-bond acceptors (Lipinski definition) is 5. The Balaban J connectivity index is 0. The van der Waals surface area contributed by atoms with Crippen LogP contribution < -0.4 is 11.5 Å². The molecule has 6 N–H and O–H groups in total. The van der Waals surface area contributed by atoms with Gasteiger partial charge in [-0.1, -0.05) is 6.92 Å². The van der Waals surface area contributed by atoms with Crippen molar-refractivity contribution in [3.05, 3.63) is 12.4 Å². The Hall–Kier alpha value is -2.45. The van der Waals surface area contributed by atoms with Crippen molar-refractivity contribution < 1.29 is 19.5 Å². The normalized spacial score (nSPS) is 7.82. The van der Waals surface area contributed by atoms with E-state index in [2.05, 4.69) is 26.9 Å². The monoisotopic (exact) mass is 245 g/mol. The minimum absolute atomic E-state index is 0.222. The second-order valence-corrected chi connectivity index (χ2v) is 2.51. The van der Waals surface area contributed by atoms with Gasteiger partial charge >= 0.3 is 5.97 Å². The third-order valence-electron chi connectivity index (χ3n) is 0.982. The number of carbonyl (C=O) groups is 3. The fraction of sp³-hybridized carbons (Fsp3) is 0.375. The van der Waals surface area contributed by atoms with Gasteiger partial charge in [-0.15, -0.1) is 0 Å². The summed E-state index contributed by atoms with van der Waals surface area (Å²) in [5, 5.41) is 17.1. The molecule has 1 heterocycles. The zero-order valence-electron chi connectivity index (χ0n) is 9.29. The summed E-state index contributed by atoms with van der Waals surface area (Å²) in [7, 11) is 0. The molecule has 0 fully saturated rings. The van der Waals surface area contributed by atoms with Gasteiger partial charge < -0.3 is 16.6 Å². The van der Waals surface area contributed by atoms with Gasteiger partial charge in [0.25, 0.3) is 0 Å². The highest BCUT2D eigenvalue weighted by Gasteiger charge is 1.96. The molecular weight excluding hydrogens is 230 g/mol. The van der Waals surface area contributed by atoms with E-state index in [9.17, 15) is 14.4 Å². The number of aromatic amines is 1. The van der Waals surface area contributed by atoms with Crippen molar-refractivity contribution in [1.82, 2.24) is 15.4 Å². The maximum Gasteiger partial charge on any atom is 0.303 e. The van der Waals surface area contributed by atoms with Gasteiger partial charge in [0.2, 0.25) is 11.8 Å². The van der Waals surface area contributed by atoms with E-state index >= 15 is 0 Å². The first-order valence-electron chi connectivity index (χ1n) is 4.48. The van der Waals surface area contributed by atoms with Crippen molar-refractivity contribution in [1.29, 1.82) is 0 Å². The van der Waals surface area contributed by atoms with Gasteiger partial charge in [-0.2, -0.15) is 15.4 Å². The van der Waals surface area contributed by atoms with Gasteiger partial charge in [0.05, 0.1) is 12.4 Å². The number of carboxylic acids is 1. The number of aliphatic carboxylic acids is 1. The lowest BCUT2D eigenvalue weighted by Crippen LogP contribution is -2.21. The molecule has 0 saturated carbocycles. The van der Waals surface area contributed by atoms with Crippen molar-refractivity contribution in [2.75, 3.05) is 0 Å². The lowest BCUT2D eigenvalue weighted by Gasteiger charge is -1.82. The first-order valence-corrected chi connectivity index (χ1v) is 4.48. The predicted molar refractivity (Wildman–Crippen MR) is 57.3 cm³/mol. The number of amides is 2. The van der Waals surface area contributed by atoms with E-state index < -0.39 is 17.8 Å². The number of rotatable bonds is 3. The van der Waals surface area contributed by atoms with Gasteiger partial charge in [-0.3, -0.25) is 14.4 Å². The topological polar surface area (TPSA) is 165 Å². The maximum atomic E-state index is 9.73. The molecule has 0 aliphatic carbocycles. The third kappa shape index (κ3) is 24.7. The lowest BCUT2D eigenvalue weighted by atomic mass is 10.4. The summed E-state index contributed by atoms with van der Waals surface area (Å²) in [4.78, 5) is 28.8. The Morgan fingerprint density at radius 3 is 1.59 bits per heavy atom. The highest BCUT2D eigenvalue weighted by molar-refractivity contribution is 5.95. The smallest absolute Gasteiger partial charge is 0.303 e. The lowest BCUT2D eigenvalue weighted by molar-refractivity contribution is -0.136. The molecule has 2 amide bonds. The molecule has 9 heteroatoms. The van der Waals surface area contributed by atoms with E-state index in [1.807, 2.05) is 0 Å². The highest BCUT2D eigenvalue weighted by Crippen LogP contribution is 1.68. The molecule has 1 aromatic rings. The van der Waals surface area contributed by atoms with Crippen LogP contribution in [0, 0.1) is 0 Å². The van der Waals surface area contributed by atoms with Crippen LogP contribution in [0.15, 0.2) is 12.4 Å². The van der Waals surface area contributed by atoms with Gasteiger partial charge in [0.1, 0.15) is 6.42 Å². The first kappa shape index (κ1) is 17.0. The number of carboxylic acid groups (broad SMARTS) is 1. The predicted octanol–water partition coefficient (Wildman–Crippen LogP) is -1.37. The molecule has 0 aliphatic rings. The molecule has 96 valence electrons. The Morgan fingerprint density at radius 1 is 1.18 bits per heavy atom. The molecule has 9 nitrogen and oxygen atoms in total. The average Bonchev–Trinajstić information content (AvgIpc) is 2.74. The molecule has 0 aliphatic heterocycles. The van der Waals surface area contributed by atoms with Crippen molar-refractivity contribution in [2.24, 2.45) is 11.5 Å². The zero-order valence-corrected chi connectivity index (χ0v) is 9.29. The second-order valence-electron chi connectivity index (χ2n) is 2.51. The number of H-pyrrole nitrogens is 1.